The number of nitrogens with zero attached hydrogens (tertiary/aromatic N) is 2. The van der Waals surface area contributed by atoms with Gasteiger partial charge in [-0.15, -0.1) is 0 Å². The second kappa shape index (κ2) is 9.66. The zero-order chi connectivity index (χ0) is 25.3. The van der Waals surface area contributed by atoms with Crippen molar-refractivity contribution in [1.82, 2.24) is 9.97 Å². The number of hydrogen-bond acceptors (Lipinski definition) is 4. The van der Waals surface area contributed by atoms with Crippen LogP contribution in [0.2, 0.25) is 0 Å². The molecule has 4 bridgehead atoms. The van der Waals surface area contributed by atoms with Gasteiger partial charge >= 0.3 is 0 Å². The Kier molecular flexibility index (Phi) is 6.71. The Morgan fingerprint density at radius 2 is 1.06 bits per heavy atom. The molecule has 2 heterocycles. The van der Waals surface area contributed by atoms with Crippen molar-refractivity contribution in [2.45, 2.75) is 102 Å². The van der Waals surface area contributed by atoms with E-state index in [1.54, 1.807) is 0 Å². The molecule has 4 N–H and O–H groups in total. The van der Waals surface area contributed by atoms with Crippen LogP contribution in [0.15, 0.2) is 36.4 Å². The van der Waals surface area contributed by atoms with Gasteiger partial charge in [0.1, 0.15) is 11.4 Å². The molecular weight excluding hydrogens is 440 g/mol. The van der Waals surface area contributed by atoms with E-state index in [2.05, 4.69) is 33.6 Å². The van der Waals surface area contributed by atoms with Gasteiger partial charge in [-0.2, -0.15) is 0 Å². The van der Waals surface area contributed by atoms with Crippen molar-refractivity contribution >= 4 is 0 Å². The monoisotopic (exact) mass is 480 g/mol. The SMILES string of the molecule is Cc1cccc(C#C[C@@]23CCC[C@@](N)(CC2)C3)n1.Cc1cccc(C#C[C@]23CCC[C@](N)(CC2)C3)n1. The van der Waals surface area contributed by atoms with Crippen LogP contribution >= 0.6 is 0 Å². The first-order valence-corrected chi connectivity index (χ1v) is 13.7. The zero-order valence-corrected chi connectivity index (χ0v) is 22.0. The first-order valence-electron chi connectivity index (χ1n) is 13.7. The Labute approximate surface area is 217 Å². The smallest absolute Gasteiger partial charge is 0.113 e. The van der Waals surface area contributed by atoms with Crippen molar-refractivity contribution in [3.63, 3.8) is 0 Å². The average molecular weight is 481 g/mol. The number of hydrogen-bond donors (Lipinski definition) is 2. The lowest BCUT2D eigenvalue weighted by molar-refractivity contribution is 0.256. The maximum Gasteiger partial charge on any atom is 0.113 e. The third-order valence-corrected chi connectivity index (χ3v) is 8.93. The summed E-state index contributed by atoms with van der Waals surface area (Å²) in [5.74, 6) is 13.6. The molecule has 0 aliphatic heterocycles. The van der Waals surface area contributed by atoms with Crippen molar-refractivity contribution in [2.75, 3.05) is 0 Å². The minimum absolute atomic E-state index is 0.0764. The van der Waals surface area contributed by atoms with E-state index in [1.165, 1.54) is 51.4 Å². The topological polar surface area (TPSA) is 77.8 Å². The first-order chi connectivity index (χ1) is 17.2. The number of nitrogens with two attached hydrogens (primary N) is 2. The third-order valence-electron chi connectivity index (χ3n) is 8.93. The van der Waals surface area contributed by atoms with Gasteiger partial charge in [-0.1, -0.05) is 36.8 Å². The van der Waals surface area contributed by atoms with Crippen LogP contribution in [0.25, 0.3) is 0 Å². The first kappa shape index (κ1) is 25.0. The second-order valence-electron chi connectivity index (χ2n) is 12.2. The number of pyridine rings is 2. The Balaban J connectivity index is 0.000000148. The summed E-state index contributed by atoms with van der Waals surface area (Å²) in [5.41, 5.74) is 17.1. The molecule has 0 spiro atoms. The van der Waals surface area contributed by atoms with Crippen molar-refractivity contribution in [2.24, 2.45) is 22.3 Å². The zero-order valence-electron chi connectivity index (χ0n) is 22.0. The molecule has 2 aromatic rings. The summed E-state index contributed by atoms with van der Waals surface area (Å²) in [6.07, 6.45) is 14.0. The number of fused-ring (bicyclic) bond motifs is 4. The van der Waals surface area contributed by atoms with Gasteiger partial charge in [0.2, 0.25) is 0 Å². The predicted molar refractivity (Wildman–Crippen MR) is 146 cm³/mol. The molecule has 0 saturated heterocycles. The van der Waals surface area contributed by atoms with Gasteiger partial charge in [0.25, 0.3) is 0 Å². The lowest BCUT2D eigenvalue weighted by Crippen LogP contribution is -2.40. The summed E-state index contributed by atoms with van der Waals surface area (Å²) in [6.45, 7) is 4.01. The van der Waals surface area contributed by atoms with Gasteiger partial charge < -0.3 is 11.5 Å². The fourth-order valence-electron chi connectivity index (χ4n) is 7.05. The normalized spacial score (nSPS) is 33.9. The molecule has 0 amide bonds. The quantitative estimate of drug-likeness (QED) is 0.482. The molecular formula is C32H40N4. The van der Waals surface area contributed by atoms with Crippen molar-refractivity contribution in [3.8, 4) is 23.7 Å². The summed E-state index contributed by atoms with van der Waals surface area (Å²) in [7, 11) is 0. The van der Waals surface area contributed by atoms with Crippen LogP contribution in [-0.2, 0) is 0 Å². The molecule has 0 radical (unpaired) electrons. The summed E-state index contributed by atoms with van der Waals surface area (Å²) >= 11 is 0. The van der Waals surface area contributed by atoms with E-state index in [0.29, 0.717) is 0 Å². The average Bonchev–Trinajstić information content (AvgIpc) is 3.24. The summed E-state index contributed by atoms with van der Waals surface area (Å²) in [6, 6.07) is 12.0. The van der Waals surface area contributed by atoms with Crippen LogP contribution in [0.1, 0.15) is 99.8 Å². The summed E-state index contributed by atoms with van der Waals surface area (Å²) in [4.78, 5) is 8.90. The minimum atomic E-state index is 0.0764. The lowest BCUT2D eigenvalue weighted by Gasteiger charge is -2.33. The van der Waals surface area contributed by atoms with Gasteiger partial charge in [-0.3, -0.25) is 0 Å². The molecule has 36 heavy (non-hydrogen) atoms. The highest BCUT2D eigenvalue weighted by atomic mass is 14.8. The van der Waals surface area contributed by atoms with Crippen LogP contribution in [0, 0.1) is 48.4 Å². The standard InChI is InChI=1S/2C16H20N2/c2*1-13-4-2-5-14(18-13)6-9-15-7-3-8-16(17,12-15)11-10-15/h2*2,4-5H,3,7-8,10-12,17H2,1H3/t2*15-,16+/m10/s1. The second-order valence-corrected chi connectivity index (χ2v) is 12.2. The van der Waals surface area contributed by atoms with E-state index in [1.807, 2.05) is 50.2 Å². The van der Waals surface area contributed by atoms with Gasteiger partial charge in [0.05, 0.1) is 0 Å². The molecule has 4 heteroatoms. The van der Waals surface area contributed by atoms with Gasteiger partial charge in [-0.25, -0.2) is 9.97 Å². The van der Waals surface area contributed by atoms with Crippen LogP contribution in [0.4, 0.5) is 0 Å². The molecule has 4 fully saturated rings. The molecule has 0 unspecified atom stereocenters. The van der Waals surface area contributed by atoms with Crippen LogP contribution in [-0.4, -0.2) is 21.0 Å². The Hall–Kier alpha value is -2.66. The lowest BCUT2D eigenvalue weighted by atomic mass is 9.74. The van der Waals surface area contributed by atoms with E-state index in [9.17, 15) is 0 Å². The van der Waals surface area contributed by atoms with E-state index in [-0.39, 0.29) is 21.9 Å². The van der Waals surface area contributed by atoms with Crippen LogP contribution in [0.3, 0.4) is 0 Å². The van der Waals surface area contributed by atoms with Gasteiger partial charge in [0, 0.05) is 33.3 Å². The maximum absolute atomic E-state index is 6.39. The van der Waals surface area contributed by atoms with E-state index >= 15 is 0 Å². The highest BCUT2D eigenvalue weighted by Gasteiger charge is 2.49. The number of aromatic nitrogens is 2. The Morgan fingerprint density at radius 1 is 0.611 bits per heavy atom. The number of rotatable bonds is 0. The fraction of sp³-hybridized carbons (Fsp3) is 0.562. The van der Waals surface area contributed by atoms with E-state index in [0.717, 1.165) is 48.5 Å². The maximum atomic E-state index is 6.39. The molecule has 188 valence electrons. The van der Waals surface area contributed by atoms with E-state index < -0.39 is 0 Å². The van der Waals surface area contributed by atoms with Gasteiger partial charge in [-0.05, 0) is 114 Å². The summed E-state index contributed by atoms with van der Waals surface area (Å²) < 4.78 is 0. The highest BCUT2D eigenvalue weighted by molar-refractivity contribution is 5.33. The molecule has 4 aliphatic carbocycles. The van der Waals surface area contributed by atoms with Crippen molar-refractivity contribution in [1.29, 1.82) is 0 Å². The Morgan fingerprint density at radius 3 is 1.47 bits per heavy atom. The van der Waals surface area contributed by atoms with Crippen molar-refractivity contribution in [3.05, 3.63) is 59.2 Å². The Bertz CT molecular complexity index is 1150. The molecule has 4 atom stereocenters. The fourth-order valence-corrected chi connectivity index (χ4v) is 7.05. The van der Waals surface area contributed by atoms with Crippen molar-refractivity contribution < 1.29 is 0 Å². The van der Waals surface area contributed by atoms with E-state index in [4.69, 9.17) is 11.5 Å². The van der Waals surface area contributed by atoms with Gasteiger partial charge in [0.15, 0.2) is 0 Å². The molecule has 4 saturated carbocycles. The molecule has 4 aliphatic rings. The third kappa shape index (κ3) is 5.67. The summed E-state index contributed by atoms with van der Waals surface area (Å²) in [5, 5.41) is 0. The molecule has 0 aromatic carbocycles. The molecule has 2 aromatic heterocycles. The molecule has 4 nitrogen and oxygen atoms in total. The largest absolute Gasteiger partial charge is 0.325 e. The minimum Gasteiger partial charge on any atom is -0.325 e. The number of aryl methyl sites for hydroxylation is 2. The molecule has 6 rings (SSSR count). The highest BCUT2D eigenvalue weighted by Crippen LogP contribution is 2.53. The predicted octanol–water partition coefficient (Wildman–Crippen LogP) is 5.59. The van der Waals surface area contributed by atoms with Crippen LogP contribution < -0.4 is 11.5 Å². The van der Waals surface area contributed by atoms with Crippen LogP contribution in [0.5, 0.6) is 0 Å².